The second kappa shape index (κ2) is 14.8. The molecule has 11 nitrogen and oxygen atoms in total. The zero-order chi connectivity index (χ0) is 29.1. The highest BCUT2D eigenvalue weighted by Gasteiger charge is 2.29. The van der Waals surface area contributed by atoms with Gasteiger partial charge < -0.3 is 37.5 Å². The number of hydrogen-bond acceptors (Lipinski definition) is 6. The normalized spacial score (nSPS) is 14.1. The molecule has 0 aliphatic heterocycles. The standard InChI is InChI=1S/C29H38N6O5/c1-18(29(39)40)33-27(37)24(13-7-8-14-30)34-28(38)25(15-19-9-3-2-4-10-19)35-26(36)22(31)16-20-17-32-23-12-6-5-11-21(20)23/h2-6,9-12,17-18,22,24-25,32H,7-8,13-16,30-31H2,1H3,(H,33,37)(H,34,38)(H,35,36)(H,39,40). The number of aliphatic carboxylic acids is 1. The highest BCUT2D eigenvalue weighted by molar-refractivity contribution is 5.94. The maximum Gasteiger partial charge on any atom is 0.325 e. The zero-order valence-corrected chi connectivity index (χ0v) is 22.6. The molecule has 0 spiro atoms. The van der Waals surface area contributed by atoms with Crippen molar-refractivity contribution in [2.45, 2.75) is 63.2 Å². The summed E-state index contributed by atoms with van der Waals surface area (Å²) >= 11 is 0. The van der Waals surface area contributed by atoms with Crippen molar-refractivity contribution in [1.29, 1.82) is 0 Å². The van der Waals surface area contributed by atoms with E-state index < -0.39 is 47.9 Å². The number of carboxylic acid groups (broad SMARTS) is 1. The van der Waals surface area contributed by atoms with Gasteiger partial charge in [-0.2, -0.15) is 0 Å². The second-order valence-corrected chi connectivity index (χ2v) is 9.84. The van der Waals surface area contributed by atoms with Crippen LogP contribution in [0.15, 0.2) is 60.8 Å². The van der Waals surface area contributed by atoms with E-state index in [1.807, 2.05) is 60.8 Å². The van der Waals surface area contributed by atoms with Crippen molar-refractivity contribution in [2.24, 2.45) is 11.5 Å². The fourth-order valence-corrected chi connectivity index (χ4v) is 4.38. The zero-order valence-electron chi connectivity index (χ0n) is 22.6. The van der Waals surface area contributed by atoms with E-state index in [0.29, 0.717) is 19.4 Å². The molecule has 1 heterocycles. The summed E-state index contributed by atoms with van der Waals surface area (Å²) in [5, 5.41) is 18.0. The summed E-state index contributed by atoms with van der Waals surface area (Å²) in [6, 6.07) is 12.8. The molecule has 4 unspecified atom stereocenters. The lowest BCUT2D eigenvalue weighted by Crippen LogP contribution is -2.57. The summed E-state index contributed by atoms with van der Waals surface area (Å²) in [5.74, 6) is -2.91. The molecule has 3 rings (SSSR count). The van der Waals surface area contributed by atoms with Crippen molar-refractivity contribution in [1.82, 2.24) is 20.9 Å². The van der Waals surface area contributed by atoms with Gasteiger partial charge in [0.15, 0.2) is 0 Å². The smallest absolute Gasteiger partial charge is 0.325 e. The average molecular weight is 551 g/mol. The van der Waals surface area contributed by atoms with Gasteiger partial charge in [-0.05, 0) is 56.3 Å². The first-order valence-corrected chi connectivity index (χ1v) is 13.4. The summed E-state index contributed by atoms with van der Waals surface area (Å²) in [6.07, 6.45) is 3.66. The Bertz CT molecular complexity index is 1290. The van der Waals surface area contributed by atoms with E-state index in [1.165, 1.54) is 6.92 Å². The number of aromatic amines is 1. The number of benzene rings is 2. The van der Waals surface area contributed by atoms with Crippen molar-refractivity contribution >= 4 is 34.6 Å². The number of aromatic nitrogens is 1. The van der Waals surface area contributed by atoms with E-state index in [4.69, 9.17) is 11.5 Å². The predicted molar refractivity (Wildman–Crippen MR) is 152 cm³/mol. The van der Waals surface area contributed by atoms with Crippen LogP contribution in [0.5, 0.6) is 0 Å². The van der Waals surface area contributed by atoms with Crippen LogP contribution in [0.3, 0.4) is 0 Å². The molecule has 4 atom stereocenters. The van der Waals surface area contributed by atoms with Gasteiger partial charge in [-0.25, -0.2) is 0 Å². The van der Waals surface area contributed by atoms with Crippen LogP contribution >= 0.6 is 0 Å². The number of nitrogens with one attached hydrogen (secondary N) is 4. The summed E-state index contributed by atoms with van der Waals surface area (Å²) < 4.78 is 0. The third kappa shape index (κ3) is 8.65. The quantitative estimate of drug-likeness (QED) is 0.137. The highest BCUT2D eigenvalue weighted by Crippen LogP contribution is 2.19. The van der Waals surface area contributed by atoms with Gasteiger partial charge in [-0.15, -0.1) is 0 Å². The molecule has 0 radical (unpaired) electrons. The first-order chi connectivity index (χ1) is 19.2. The first-order valence-electron chi connectivity index (χ1n) is 13.4. The molecule has 0 fully saturated rings. The van der Waals surface area contributed by atoms with Crippen LogP contribution in [-0.4, -0.2) is 64.5 Å². The van der Waals surface area contributed by atoms with Gasteiger partial charge in [-0.3, -0.25) is 19.2 Å². The van der Waals surface area contributed by atoms with Gasteiger partial charge >= 0.3 is 5.97 Å². The van der Waals surface area contributed by atoms with Crippen LogP contribution < -0.4 is 27.4 Å². The van der Waals surface area contributed by atoms with E-state index >= 15 is 0 Å². The topological polar surface area (TPSA) is 192 Å². The summed E-state index contributed by atoms with van der Waals surface area (Å²) in [5.41, 5.74) is 14.5. The van der Waals surface area contributed by atoms with Gasteiger partial charge in [0.05, 0.1) is 6.04 Å². The van der Waals surface area contributed by atoms with Gasteiger partial charge in [0.25, 0.3) is 0 Å². The first kappa shape index (κ1) is 30.3. The van der Waals surface area contributed by atoms with Crippen molar-refractivity contribution < 1.29 is 24.3 Å². The largest absolute Gasteiger partial charge is 0.480 e. The SMILES string of the molecule is CC(NC(=O)C(CCCCN)NC(=O)C(Cc1ccccc1)NC(=O)C(N)Cc1c[nH]c2ccccc12)C(=O)O. The molecule has 3 amide bonds. The van der Waals surface area contributed by atoms with E-state index in [0.717, 1.165) is 22.0 Å². The van der Waals surface area contributed by atoms with Crippen LogP contribution in [0.25, 0.3) is 10.9 Å². The molecule has 0 saturated carbocycles. The van der Waals surface area contributed by atoms with Crippen LogP contribution in [0.2, 0.25) is 0 Å². The lowest BCUT2D eigenvalue weighted by atomic mass is 10.0. The molecule has 0 bridgehead atoms. The lowest BCUT2D eigenvalue weighted by Gasteiger charge is -2.25. The summed E-state index contributed by atoms with van der Waals surface area (Å²) in [7, 11) is 0. The van der Waals surface area contributed by atoms with Gasteiger partial charge in [-0.1, -0.05) is 48.5 Å². The number of fused-ring (bicyclic) bond motifs is 1. The fourth-order valence-electron chi connectivity index (χ4n) is 4.38. The summed E-state index contributed by atoms with van der Waals surface area (Å²) in [6.45, 7) is 1.75. The maximum atomic E-state index is 13.5. The Morgan fingerprint density at radius 3 is 2.20 bits per heavy atom. The molecular weight excluding hydrogens is 512 g/mol. The molecule has 2 aromatic carbocycles. The van der Waals surface area contributed by atoms with Crippen LogP contribution in [0, 0.1) is 0 Å². The van der Waals surface area contributed by atoms with E-state index in [2.05, 4.69) is 20.9 Å². The van der Waals surface area contributed by atoms with E-state index in [-0.39, 0.29) is 19.3 Å². The number of carbonyl (C=O) groups excluding carboxylic acids is 3. The second-order valence-electron chi connectivity index (χ2n) is 9.84. The van der Waals surface area contributed by atoms with Gasteiger partial charge in [0.2, 0.25) is 17.7 Å². The Balaban J connectivity index is 1.75. The molecule has 0 saturated heterocycles. The minimum Gasteiger partial charge on any atom is -0.480 e. The van der Waals surface area contributed by atoms with Gasteiger partial charge in [0.1, 0.15) is 18.1 Å². The van der Waals surface area contributed by atoms with Crippen molar-refractivity contribution in [3.05, 3.63) is 71.9 Å². The predicted octanol–water partition coefficient (Wildman–Crippen LogP) is 0.968. The monoisotopic (exact) mass is 550 g/mol. The van der Waals surface area contributed by atoms with Gasteiger partial charge in [0, 0.05) is 23.5 Å². The number of amides is 3. The average Bonchev–Trinajstić information content (AvgIpc) is 3.35. The van der Waals surface area contributed by atoms with E-state index in [9.17, 15) is 24.3 Å². The summed E-state index contributed by atoms with van der Waals surface area (Å²) in [4.78, 5) is 53.9. The molecule has 3 aromatic rings. The Morgan fingerprint density at radius 2 is 1.50 bits per heavy atom. The Kier molecular flexibility index (Phi) is 11.2. The van der Waals surface area contributed by atoms with Crippen molar-refractivity contribution in [3.8, 4) is 0 Å². The molecule has 1 aromatic heterocycles. The number of rotatable bonds is 15. The molecule has 0 aliphatic carbocycles. The highest BCUT2D eigenvalue weighted by atomic mass is 16.4. The molecule has 9 N–H and O–H groups in total. The van der Waals surface area contributed by atoms with Crippen molar-refractivity contribution in [3.63, 3.8) is 0 Å². The van der Waals surface area contributed by atoms with Crippen molar-refractivity contribution in [2.75, 3.05) is 6.54 Å². The molecule has 0 aliphatic rings. The number of hydrogen-bond donors (Lipinski definition) is 7. The third-order valence-electron chi connectivity index (χ3n) is 6.68. The molecule has 214 valence electrons. The van der Waals surface area contributed by atoms with Crippen LogP contribution in [0.1, 0.15) is 37.3 Å². The number of carboxylic acids is 1. The molecule has 40 heavy (non-hydrogen) atoms. The van der Waals surface area contributed by atoms with Crippen LogP contribution in [0.4, 0.5) is 0 Å². The minimum absolute atomic E-state index is 0.168. The molecule has 11 heteroatoms. The number of unbranched alkanes of at least 4 members (excludes halogenated alkanes) is 1. The number of carbonyl (C=O) groups is 4. The number of H-pyrrole nitrogens is 1. The maximum absolute atomic E-state index is 13.5. The Morgan fingerprint density at radius 1 is 0.850 bits per heavy atom. The van der Waals surface area contributed by atoms with E-state index in [1.54, 1.807) is 0 Å². The lowest BCUT2D eigenvalue weighted by molar-refractivity contribution is -0.141. The minimum atomic E-state index is -1.20. The number of para-hydroxylation sites is 1. The van der Waals surface area contributed by atoms with Crippen LogP contribution in [-0.2, 0) is 32.0 Å². The molecular formula is C29H38N6O5. The fraction of sp³-hybridized carbons (Fsp3) is 0.379. The third-order valence-corrected chi connectivity index (χ3v) is 6.68. The Labute approximate surface area is 233 Å². The Hall–Kier alpha value is -4.22. The number of nitrogens with two attached hydrogens (primary N) is 2.